The predicted molar refractivity (Wildman–Crippen MR) is 89.3 cm³/mol. The van der Waals surface area contributed by atoms with Crippen molar-refractivity contribution in [2.45, 2.75) is 19.9 Å². The highest BCUT2D eigenvalue weighted by molar-refractivity contribution is 9.10. The van der Waals surface area contributed by atoms with Gasteiger partial charge in [0, 0.05) is 17.6 Å². The number of nitrogens with one attached hydrogen (secondary N) is 2. The third kappa shape index (κ3) is 5.23. The van der Waals surface area contributed by atoms with Gasteiger partial charge in [-0.15, -0.1) is 0 Å². The summed E-state index contributed by atoms with van der Waals surface area (Å²) in [5.74, 6) is 0. The molecule has 0 saturated heterocycles. The van der Waals surface area contributed by atoms with E-state index in [0.29, 0.717) is 13.1 Å². The Morgan fingerprint density at radius 2 is 1.90 bits per heavy atom. The third-order valence-electron chi connectivity index (χ3n) is 3.18. The van der Waals surface area contributed by atoms with Crippen molar-refractivity contribution in [3.63, 3.8) is 0 Å². The first kappa shape index (κ1) is 15.6. The molecule has 0 aliphatic carbocycles. The zero-order chi connectivity index (χ0) is 15.1. The van der Waals surface area contributed by atoms with Gasteiger partial charge in [-0.3, -0.25) is 0 Å². The molecule has 0 unspecified atom stereocenters. The second kappa shape index (κ2) is 7.84. The van der Waals surface area contributed by atoms with Crippen molar-refractivity contribution in [2.75, 3.05) is 6.54 Å². The summed E-state index contributed by atoms with van der Waals surface area (Å²) in [4.78, 5) is 11.7. The van der Waals surface area contributed by atoms with Gasteiger partial charge in [0.25, 0.3) is 0 Å². The molecule has 0 bridgehead atoms. The quantitative estimate of drug-likeness (QED) is 0.849. The molecule has 21 heavy (non-hydrogen) atoms. The van der Waals surface area contributed by atoms with Crippen LogP contribution in [0.1, 0.15) is 16.7 Å². The molecule has 2 aromatic rings. The van der Waals surface area contributed by atoms with Crippen LogP contribution in [-0.2, 0) is 13.0 Å². The summed E-state index contributed by atoms with van der Waals surface area (Å²) in [5, 5.41) is 5.73. The Balaban J connectivity index is 1.72. The molecule has 0 aliphatic heterocycles. The number of urea groups is 1. The highest BCUT2D eigenvalue weighted by Gasteiger charge is 2.02. The Labute approximate surface area is 133 Å². The fourth-order valence-electron chi connectivity index (χ4n) is 2.07. The molecule has 0 spiro atoms. The second-order valence-electron chi connectivity index (χ2n) is 4.94. The first-order valence-electron chi connectivity index (χ1n) is 6.96. The predicted octanol–water partition coefficient (Wildman–Crippen LogP) is 3.80. The molecule has 4 heteroatoms. The van der Waals surface area contributed by atoms with E-state index in [9.17, 15) is 4.79 Å². The summed E-state index contributed by atoms with van der Waals surface area (Å²) in [6.07, 6.45) is 0.837. The van der Waals surface area contributed by atoms with Crippen LogP contribution in [0, 0.1) is 6.92 Å². The van der Waals surface area contributed by atoms with Crippen LogP contribution in [0.3, 0.4) is 0 Å². The van der Waals surface area contributed by atoms with Crippen LogP contribution in [0.2, 0.25) is 0 Å². The summed E-state index contributed by atoms with van der Waals surface area (Å²) < 4.78 is 1.00. The van der Waals surface area contributed by atoms with Gasteiger partial charge in [0.15, 0.2) is 0 Å². The van der Waals surface area contributed by atoms with Gasteiger partial charge in [-0.05, 0) is 30.5 Å². The molecule has 0 radical (unpaired) electrons. The van der Waals surface area contributed by atoms with Crippen molar-refractivity contribution in [3.05, 3.63) is 69.7 Å². The van der Waals surface area contributed by atoms with Crippen molar-refractivity contribution >= 4 is 22.0 Å². The molecule has 0 saturated carbocycles. The lowest BCUT2D eigenvalue weighted by Gasteiger charge is -2.09. The molecule has 0 fully saturated rings. The number of hydrogen-bond acceptors (Lipinski definition) is 1. The van der Waals surface area contributed by atoms with Gasteiger partial charge < -0.3 is 10.6 Å². The lowest BCUT2D eigenvalue weighted by molar-refractivity contribution is 0.240. The van der Waals surface area contributed by atoms with Gasteiger partial charge in [0.1, 0.15) is 0 Å². The van der Waals surface area contributed by atoms with E-state index in [0.717, 1.165) is 16.5 Å². The average Bonchev–Trinajstić information content (AvgIpc) is 2.46. The molecule has 2 aromatic carbocycles. The second-order valence-corrected chi connectivity index (χ2v) is 5.79. The number of rotatable bonds is 5. The summed E-state index contributed by atoms with van der Waals surface area (Å²) in [7, 11) is 0. The first-order chi connectivity index (χ1) is 10.1. The van der Waals surface area contributed by atoms with Crippen molar-refractivity contribution in [1.82, 2.24) is 10.6 Å². The Kier molecular flexibility index (Phi) is 5.81. The van der Waals surface area contributed by atoms with E-state index < -0.39 is 0 Å². The molecule has 0 aliphatic rings. The van der Waals surface area contributed by atoms with Crippen molar-refractivity contribution in [2.24, 2.45) is 0 Å². The van der Waals surface area contributed by atoms with Crippen molar-refractivity contribution in [3.8, 4) is 0 Å². The summed E-state index contributed by atoms with van der Waals surface area (Å²) in [6, 6.07) is 16.0. The van der Waals surface area contributed by atoms with Crippen molar-refractivity contribution in [1.29, 1.82) is 0 Å². The molecule has 3 nitrogen and oxygen atoms in total. The first-order valence-corrected chi connectivity index (χ1v) is 7.75. The average molecular weight is 347 g/mol. The maximum atomic E-state index is 11.7. The van der Waals surface area contributed by atoms with Gasteiger partial charge in [0.2, 0.25) is 0 Å². The Morgan fingerprint density at radius 1 is 1.10 bits per heavy atom. The van der Waals surface area contributed by atoms with E-state index in [1.54, 1.807) is 0 Å². The zero-order valence-corrected chi connectivity index (χ0v) is 13.6. The molecule has 110 valence electrons. The van der Waals surface area contributed by atoms with Crippen LogP contribution in [0.15, 0.2) is 53.0 Å². The maximum absolute atomic E-state index is 11.7. The smallest absolute Gasteiger partial charge is 0.315 e. The van der Waals surface area contributed by atoms with Crippen LogP contribution >= 0.6 is 15.9 Å². The monoisotopic (exact) mass is 346 g/mol. The van der Waals surface area contributed by atoms with Crippen LogP contribution in [0.25, 0.3) is 0 Å². The van der Waals surface area contributed by atoms with Gasteiger partial charge in [-0.1, -0.05) is 64.0 Å². The summed E-state index contributed by atoms with van der Waals surface area (Å²) in [6.45, 7) is 3.21. The molecular weight excluding hydrogens is 328 g/mol. The largest absolute Gasteiger partial charge is 0.338 e. The summed E-state index contributed by atoms with van der Waals surface area (Å²) >= 11 is 3.46. The molecule has 0 heterocycles. The molecule has 2 rings (SSSR count). The van der Waals surface area contributed by atoms with Gasteiger partial charge in [-0.25, -0.2) is 4.79 Å². The van der Waals surface area contributed by atoms with E-state index in [1.807, 2.05) is 30.3 Å². The molecule has 0 aromatic heterocycles. The van der Waals surface area contributed by atoms with Crippen LogP contribution in [0.5, 0.6) is 0 Å². The summed E-state index contributed by atoms with van der Waals surface area (Å²) in [5.41, 5.74) is 3.54. The van der Waals surface area contributed by atoms with Crippen molar-refractivity contribution < 1.29 is 4.79 Å². The number of amides is 2. The minimum absolute atomic E-state index is 0.140. The Bertz CT molecular complexity index is 613. The number of benzene rings is 2. The molecular formula is C17H19BrN2O. The van der Waals surface area contributed by atoms with Crippen LogP contribution in [-0.4, -0.2) is 12.6 Å². The number of hydrogen-bond donors (Lipinski definition) is 2. The normalized spacial score (nSPS) is 10.2. The third-order valence-corrected chi connectivity index (χ3v) is 3.95. The number of aryl methyl sites for hydroxylation is 1. The minimum Gasteiger partial charge on any atom is -0.338 e. The van der Waals surface area contributed by atoms with Crippen LogP contribution in [0.4, 0.5) is 4.79 Å². The van der Waals surface area contributed by atoms with E-state index in [2.05, 4.69) is 51.7 Å². The van der Waals surface area contributed by atoms with E-state index in [-0.39, 0.29) is 6.03 Å². The van der Waals surface area contributed by atoms with E-state index >= 15 is 0 Å². The standard InChI is InChI=1S/C17H19BrN2O/c1-13-5-4-6-14(11-13)9-10-19-17(21)20-12-15-7-2-3-8-16(15)18/h2-8,11H,9-10,12H2,1H3,(H2,19,20,21). The fourth-order valence-corrected chi connectivity index (χ4v) is 2.49. The lowest BCUT2D eigenvalue weighted by Crippen LogP contribution is -2.36. The Hall–Kier alpha value is -1.81. The molecule has 2 N–H and O–H groups in total. The van der Waals surface area contributed by atoms with Gasteiger partial charge >= 0.3 is 6.03 Å². The number of carbonyl (C=O) groups excluding carboxylic acids is 1. The fraction of sp³-hybridized carbons (Fsp3) is 0.235. The van der Waals surface area contributed by atoms with E-state index in [4.69, 9.17) is 0 Å². The number of carbonyl (C=O) groups is 1. The lowest BCUT2D eigenvalue weighted by atomic mass is 10.1. The maximum Gasteiger partial charge on any atom is 0.315 e. The molecule has 2 amide bonds. The van der Waals surface area contributed by atoms with Gasteiger partial charge in [-0.2, -0.15) is 0 Å². The number of halogens is 1. The Morgan fingerprint density at radius 3 is 2.67 bits per heavy atom. The van der Waals surface area contributed by atoms with Gasteiger partial charge in [0.05, 0.1) is 0 Å². The topological polar surface area (TPSA) is 41.1 Å². The van der Waals surface area contributed by atoms with E-state index in [1.165, 1.54) is 11.1 Å². The minimum atomic E-state index is -0.140. The highest BCUT2D eigenvalue weighted by atomic mass is 79.9. The zero-order valence-electron chi connectivity index (χ0n) is 12.0. The van der Waals surface area contributed by atoms with Crippen LogP contribution < -0.4 is 10.6 Å². The molecule has 0 atom stereocenters. The highest BCUT2D eigenvalue weighted by Crippen LogP contribution is 2.15. The SMILES string of the molecule is Cc1cccc(CCNC(=O)NCc2ccccc2Br)c1.